The van der Waals surface area contributed by atoms with Crippen molar-refractivity contribution in [2.24, 2.45) is 9.98 Å². The molecule has 25 heavy (non-hydrogen) atoms. The number of amidine groups is 1. The molecule has 0 unspecified atom stereocenters. The smallest absolute Gasteiger partial charge is 0.225 e. The Hall–Kier alpha value is -2.82. The largest absolute Gasteiger partial charge is 0.313 e. The summed E-state index contributed by atoms with van der Waals surface area (Å²) in [6.07, 6.45) is 1.05. The summed E-state index contributed by atoms with van der Waals surface area (Å²) < 4.78 is 13.4. The van der Waals surface area contributed by atoms with E-state index < -0.39 is 0 Å². The molecule has 128 valence electrons. The highest BCUT2D eigenvalue weighted by Gasteiger charge is 2.27. The normalized spacial score (nSPS) is 16.4. The molecule has 1 N–H and O–H groups in total. The van der Waals surface area contributed by atoms with Crippen molar-refractivity contribution in [2.45, 2.75) is 32.6 Å². The van der Waals surface area contributed by atoms with Gasteiger partial charge in [0, 0.05) is 12.1 Å². The minimum absolute atomic E-state index is 0.110. The van der Waals surface area contributed by atoms with E-state index in [4.69, 9.17) is 4.99 Å². The van der Waals surface area contributed by atoms with E-state index in [1.807, 2.05) is 31.2 Å². The molecule has 0 radical (unpaired) electrons. The number of benzene rings is 2. The molecule has 5 heteroatoms. The first kappa shape index (κ1) is 17.0. The summed E-state index contributed by atoms with van der Waals surface area (Å²) in [6.45, 7) is 3.81. The van der Waals surface area contributed by atoms with E-state index in [0.29, 0.717) is 24.4 Å². The lowest BCUT2D eigenvalue weighted by Gasteiger charge is -2.20. The van der Waals surface area contributed by atoms with Gasteiger partial charge in [0.1, 0.15) is 11.7 Å². The number of hydrogen-bond acceptors (Lipinski definition) is 3. The lowest BCUT2D eigenvalue weighted by Crippen LogP contribution is -2.37. The topological polar surface area (TPSA) is 53.8 Å². The fourth-order valence-electron chi connectivity index (χ4n) is 2.84. The Kier molecular flexibility index (Phi) is 5.03. The minimum atomic E-state index is -0.312. The molecule has 4 nitrogen and oxygen atoms in total. The van der Waals surface area contributed by atoms with Gasteiger partial charge < -0.3 is 5.32 Å². The van der Waals surface area contributed by atoms with E-state index >= 15 is 0 Å². The highest BCUT2D eigenvalue weighted by molar-refractivity contribution is 6.17. The zero-order valence-corrected chi connectivity index (χ0v) is 14.3. The van der Waals surface area contributed by atoms with Gasteiger partial charge in [-0.1, -0.05) is 38.1 Å². The van der Waals surface area contributed by atoms with Gasteiger partial charge >= 0.3 is 0 Å². The van der Waals surface area contributed by atoms with E-state index in [-0.39, 0.29) is 17.6 Å². The van der Waals surface area contributed by atoms with E-state index in [1.165, 1.54) is 12.1 Å². The molecular formula is C20H20FN3O. The standard InChI is InChI=1S/C20H20FN3O/c1-3-15-19(13-9-11-14(21)12-10-13)20(24-18(25)4-2)23-17-8-6-5-7-16(17)22-15/h5-12,19H,3-4H2,1-2H3,(H,23,24,25)/t19-/m1/s1. The lowest BCUT2D eigenvalue weighted by atomic mass is 9.91. The Labute approximate surface area is 146 Å². The number of rotatable bonds is 3. The molecule has 0 saturated heterocycles. The highest BCUT2D eigenvalue weighted by atomic mass is 19.1. The summed E-state index contributed by atoms with van der Waals surface area (Å²) in [5.41, 5.74) is 3.22. The van der Waals surface area contributed by atoms with Crippen LogP contribution in [0.3, 0.4) is 0 Å². The number of nitrogens with one attached hydrogen (secondary N) is 1. The van der Waals surface area contributed by atoms with Crippen molar-refractivity contribution in [3.63, 3.8) is 0 Å². The predicted molar refractivity (Wildman–Crippen MR) is 98.5 cm³/mol. The van der Waals surface area contributed by atoms with Gasteiger partial charge in [0.05, 0.1) is 17.3 Å². The maximum Gasteiger partial charge on any atom is 0.225 e. The monoisotopic (exact) mass is 337 g/mol. The van der Waals surface area contributed by atoms with Crippen LogP contribution in [0.4, 0.5) is 15.8 Å². The molecule has 1 aliphatic rings. The molecule has 3 rings (SSSR count). The second kappa shape index (κ2) is 7.38. The Balaban J connectivity index is 2.17. The number of hydrogen-bond donors (Lipinski definition) is 1. The average Bonchev–Trinajstić information content (AvgIpc) is 2.78. The molecule has 2 aromatic rings. The van der Waals surface area contributed by atoms with Gasteiger partial charge in [0.25, 0.3) is 0 Å². The zero-order valence-electron chi connectivity index (χ0n) is 14.3. The maximum atomic E-state index is 13.4. The van der Waals surface area contributed by atoms with E-state index in [1.54, 1.807) is 19.1 Å². The SMILES string of the molecule is CCC(=O)NC1=Nc2ccccc2N=C(CC)[C@H]1c1ccc(F)cc1. The predicted octanol–water partition coefficient (Wildman–Crippen LogP) is 4.66. The third-order valence-electron chi connectivity index (χ3n) is 4.15. The van der Waals surface area contributed by atoms with Crippen LogP contribution < -0.4 is 5.32 Å². The molecule has 0 aromatic heterocycles. The fraction of sp³-hybridized carbons (Fsp3) is 0.250. The summed E-state index contributed by atoms with van der Waals surface area (Å²) >= 11 is 0. The van der Waals surface area contributed by atoms with Gasteiger partial charge in [0.15, 0.2) is 0 Å². The van der Waals surface area contributed by atoms with Crippen molar-refractivity contribution in [1.29, 1.82) is 0 Å². The summed E-state index contributed by atoms with van der Waals surface area (Å²) in [6, 6.07) is 13.8. The quantitative estimate of drug-likeness (QED) is 0.870. The van der Waals surface area contributed by atoms with Crippen LogP contribution in [0.5, 0.6) is 0 Å². The van der Waals surface area contributed by atoms with E-state index in [2.05, 4.69) is 10.3 Å². The van der Waals surface area contributed by atoms with Gasteiger partial charge in [-0.2, -0.15) is 0 Å². The molecule has 2 aromatic carbocycles. The van der Waals surface area contributed by atoms with Crippen LogP contribution in [-0.2, 0) is 4.79 Å². The van der Waals surface area contributed by atoms with Crippen LogP contribution in [0.25, 0.3) is 0 Å². The molecule has 1 amide bonds. The molecule has 1 aliphatic heterocycles. The summed E-state index contributed by atoms with van der Waals surface area (Å²) in [5, 5.41) is 2.91. The Morgan fingerprint density at radius 1 is 1.04 bits per heavy atom. The fourth-order valence-corrected chi connectivity index (χ4v) is 2.84. The van der Waals surface area contributed by atoms with Crippen molar-refractivity contribution in [3.05, 3.63) is 59.9 Å². The van der Waals surface area contributed by atoms with Crippen molar-refractivity contribution in [1.82, 2.24) is 5.32 Å². The summed E-state index contributed by atoms with van der Waals surface area (Å²) in [4.78, 5) is 21.5. The molecule has 0 saturated carbocycles. The van der Waals surface area contributed by atoms with Crippen molar-refractivity contribution >= 4 is 28.8 Å². The molecule has 0 fully saturated rings. The third kappa shape index (κ3) is 3.65. The van der Waals surface area contributed by atoms with Crippen LogP contribution in [-0.4, -0.2) is 17.5 Å². The first-order valence-electron chi connectivity index (χ1n) is 8.42. The number of para-hydroxylation sites is 2. The summed E-state index contributed by atoms with van der Waals surface area (Å²) in [7, 11) is 0. The third-order valence-corrected chi connectivity index (χ3v) is 4.15. The van der Waals surface area contributed by atoms with Crippen molar-refractivity contribution in [2.75, 3.05) is 0 Å². The Morgan fingerprint density at radius 2 is 1.68 bits per heavy atom. The van der Waals surface area contributed by atoms with Crippen LogP contribution in [0.1, 0.15) is 38.2 Å². The number of halogens is 1. The molecule has 0 bridgehead atoms. The molecule has 0 spiro atoms. The van der Waals surface area contributed by atoms with Crippen LogP contribution in [0.15, 0.2) is 58.5 Å². The molecule has 1 heterocycles. The van der Waals surface area contributed by atoms with Gasteiger partial charge in [-0.3, -0.25) is 9.79 Å². The lowest BCUT2D eigenvalue weighted by molar-refractivity contribution is -0.119. The zero-order chi connectivity index (χ0) is 17.8. The average molecular weight is 337 g/mol. The minimum Gasteiger partial charge on any atom is -0.313 e. The maximum absolute atomic E-state index is 13.4. The number of nitrogens with zero attached hydrogens (tertiary/aromatic N) is 2. The van der Waals surface area contributed by atoms with Gasteiger partial charge in [-0.25, -0.2) is 9.38 Å². The van der Waals surface area contributed by atoms with Crippen LogP contribution >= 0.6 is 0 Å². The summed E-state index contributed by atoms with van der Waals surface area (Å²) in [5.74, 6) is -0.190. The Bertz CT molecular complexity index is 840. The van der Waals surface area contributed by atoms with Crippen LogP contribution in [0.2, 0.25) is 0 Å². The first-order valence-corrected chi connectivity index (χ1v) is 8.42. The molecule has 0 aliphatic carbocycles. The number of aliphatic imine (C=N–C) groups is 2. The Morgan fingerprint density at radius 3 is 2.28 bits per heavy atom. The second-order valence-corrected chi connectivity index (χ2v) is 5.83. The van der Waals surface area contributed by atoms with Crippen molar-refractivity contribution < 1.29 is 9.18 Å². The molecule has 1 atom stereocenters. The van der Waals surface area contributed by atoms with Crippen molar-refractivity contribution in [3.8, 4) is 0 Å². The number of fused-ring (bicyclic) bond motifs is 1. The number of carbonyl (C=O) groups is 1. The molecular weight excluding hydrogens is 317 g/mol. The second-order valence-electron chi connectivity index (χ2n) is 5.83. The van der Waals surface area contributed by atoms with E-state index in [0.717, 1.165) is 17.0 Å². The van der Waals surface area contributed by atoms with Gasteiger partial charge in [-0.05, 0) is 36.2 Å². The van der Waals surface area contributed by atoms with Gasteiger partial charge in [-0.15, -0.1) is 0 Å². The first-order chi connectivity index (χ1) is 12.1. The van der Waals surface area contributed by atoms with Crippen LogP contribution in [0, 0.1) is 5.82 Å². The number of amides is 1. The number of carbonyl (C=O) groups excluding carboxylic acids is 1. The van der Waals surface area contributed by atoms with Gasteiger partial charge in [0.2, 0.25) is 5.91 Å². The van der Waals surface area contributed by atoms with E-state index in [9.17, 15) is 9.18 Å². The highest BCUT2D eigenvalue weighted by Crippen LogP contribution is 2.35.